The van der Waals surface area contributed by atoms with Gasteiger partial charge < -0.3 is 9.57 Å². The minimum atomic E-state index is -0.905. The number of benzene rings is 1. The Hall–Kier alpha value is -3.33. The molecule has 9 heteroatoms. The molecule has 136 valence electrons. The van der Waals surface area contributed by atoms with Crippen molar-refractivity contribution < 1.29 is 24.0 Å². The highest BCUT2D eigenvalue weighted by molar-refractivity contribution is 6.07. The molecule has 2 amide bonds. The Morgan fingerprint density at radius 2 is 1.67 bits per heavy atom. The summed E-state index contributed by atoms with van der Waals surface area (Å²) in [7, 11) is 0. The van der Waals surface area contributed by atoms with Gasteiger partial charge in [-0.05, 0) is 19.1 Å². The standard InChI is InChI=1S/C18H14N4O5/c1-9-15(20-22(19-9)10-5-3-2-4-6-10)18(25)27-21-16(23)13-11-7-8-12(26-11)14(13)17(21)24/h2-8,11-14H,1H3/t11-,12-,13-,14+/m1/s1. The summed E-state index contributed by atoms with van der Waals surface area (Å²) < 4.78 is 5.54. The zero-order chi connectivity index (χ0) is 18.7. The minimum Gasteiger partial charge on any atom is -0.365 e. The van der Waals surface area contributed by atoms with Crippen molar-refractivity contribution in [3.8, 4) is 5.69 Å². The first-order valence-corrected chi connectivity index (χ1v) is 8.48. The third-order valence-electron chi connectivity index (χ3n) is 5.01. The number of rotatable bonds is 3. The monoisotopic (exact) mass is 366 g/mol. The van der Waals surface area contributed by atoms with E-state index in [0.29, 0.717) is 16.4 Å². The van der Waals surface area contributed by atoms with Gasteiger partial charge in [-0.1, -0.05) is 30.4 Å². The van der Waals surface area contributed by atoms with Crippen molar-refractivity contribution in [1.82, 2.24) is 20.1 Å². The second kappa shape index (κ2) is 5.58. The molecule has 0 spiro atoms. The number of hydrogen-bond donors (Lipinski definition) is 0. The Kier molecular flexibility index (Phi) is 3.28. The average Bonchev–Trinajstić information content (AvgIpc) is 3.43. The zero-order valence-corrected chi connectivity index (χ0v) is 14.2. The van der Waals surface area contributed by atoms with Crippen LogP contribution in [0.3, 0.4) is 0 Å². The summed E-state index contributed by atoms with van der Waals surface area (Å²) in [6, 6.07) is 9.05. The summed E-state index contributed by atoms with van der Waals surface area (Å²) in [6.07, 6.45) is 2.64. The largest absolute Gasteiger partial charge is 0.385 e. The number of imide groups is 1. The lowest BCUT2D eigenvalue weighted by atomic mass is 9.85. The van der Waals surface area contributed by atoms with E-state index in [2.05, 4.69) is 10.2 Å². The Morgan fingerprint density at radius 1 is 1.04 bits per heavy atom. The molecule has 0 N–H and O–H groups in total. The number of hydrogen-bond acceptors (Lipinski definition) is 7. The molecule has 4 heterocycles. The molecule has 0 aliphatic carbocycles. The maximum Gasteiger partial charge on any atom is 0.385 e. The first-order chi connectivity index (χ1) is 13.0. The fourth-order valence-corrected chi connectivity index (χ4v) is 3.74. The maximum atomic E-state index is 12.5. The molecule has 0 unspecified atom stereocenters. The van der Waals surface area contributed by atoms with Crippen LogP contribution in [0, 0.1) is 18.8 Å². The van der Waals surface area contributed by atoms with Crippen LogP contribution in [-0.2, 0) is 19.2 Å². The summed E-state index contributed by atoms with van der Waals surface area (Å²) in [4.78, 5) is 44.0. The van der Waals surface area contributed by atoms with Crippen LogP contribution in [0.1, 0.15) is 16.2 Å². The smallest absolute Gasteiger partial charge is 0.365 e. The van der Waals surface area contributed by atoms with Crippen LogP contribution in [0.5, 0.6) is 0 Å². The normalized spacial score (nSPS) is 28.1. The van der Waals surface area contributed by atoms with E-state index in [4.69, 9.17) is 9.57 Å². The van der Waals surface area contributed by atoms with Gasteiger partial charge in [-0.25, -0.2) is 4.79 Å². The summed E-state index contributed by atoms with van der Waals surface area (Å²) >= 11 is 0. The second-order valence-electron chi connectivity index (χ2n) is 6.61. The second-order valence-corrected chi connectivity index (χ2v) is 6.61. The van der Waals surface area contributed by atoms with E-state index in [-0.39, 0.29) is 5.69 Å². The van der Waals surface area contributed by atoms with Crippen molar-refractivity contribution in [2.45, 2.75) is 19.1 Å². The molecule has 0 radical (unpaired) electrons. The van der Waals surface area contributed by atoms with Gasteiger partial charge in [0, 0.05) is 0 Å². The molecule has 2 saturated heterocycles. The first-order valence-electron chi connectivity index (χ1n) is 8.48. The number of hydroxylamine groups is 2. The fourth-order valence-electron chi connectivity index (χ4n) is 3.74. The van der Waals surface area contributed by atoms with Crippen LogP contribution in [0.4, 0.5) is 0 Å². The number of carbonyl (C=O) groups excluding carboxylic acids is 3. The Bertz CT molecular complexity index is 968. The molecule has 3 aliphatic rings. The highest BCUT2D eigenvalue weighted by atomic mass is 16.7. The number of carbonyl (C=O) groups is 3. The van der Waals surface area contributed by atoms with Gasteiger partial charge in [0.2, 0.25) is 0 Å². The van der Waals surface area contributed by atoms with E-state index in [0.717, 1.165) is 0 Å². The summed E-state index contributed by atoms with van der Waals surface area (Å²) in [5, 5.41) is 8.87. The van der Waals surface area contributed by atoms with Crippen molar-refractivity contribution in [2.24, 2.45) is 11.8 Å². The van der Waals surface area contributed by atoms with Crippen LogP contribution in [-0.4, -0.2) is 50.0 Å². The number of aryl methyl sites for hydroxylation is 1. The predicted octanol–water partition coefficient (Wildman–Crippen LogP) is 0.586. The van der Waals surface area contributed by atoms with Gasteiger partial charge in [0.1, 0.15) is 0 Å². The Balaban J connectivity index is 1.38. The van der Waals surface area contributed by atoms with Crippen molar-refractivity contribution >= 4 is 17.8 Å². The van der Waals surface area contributed by atoms with Gasteiger partial charge in [0.15, 0.2) is 5.69 Å². The van der Waals surface area contributed by atoms with Gasteiger partial charge in [-0.3, -0.25) is 9.59 Å². The quantitative estimate of drug-likeness (QED) is 0.578. The van der Waals surface area contributed by atoms with Gasteiger partial charge in [0.05, 0.1) is 35.4 Å². The number of ether oxygens (including phenoxy) is 1. The Labute approximate surface area is 153 Å². The van der Waals surface area contributed by atoms with E-state index < -0.39 is 41.8 Å². The number of fused-ring (bicyclic) bond motifs is 5. The van der Waals surface area contributed by atoms with Gasteiger partial charge in [-0.2, -0.15) is 9.90 Å². The molecule has 1 aromatic carbocycles. The maximum absolute atomic E-state index is 12.5. The third kappa shape index (κ3) is 2.25. The third-order valence-corrected chi connectivity index (χ3v) is 5.01. The topological polar surface area (TPSA) is 104 Å². The number of amides is 2. The fraction of sp³-hybridized carbons (Fsp3) is 0.278. The lowest BCUT2D eigenvalue weighted by Crippen LogP contribution is -2.36. The van der Waals surface area contributed by atoms with Crippen molar-refractivity contribution in [3.05, 3.63) is 53.9 Å². The SMILES string of the molecule is Cc1nn(-c2ccccc2)nc1C(=O)ON1C(=O)[C@@H]2[C@H](C1=O)[C@H]1C=C[C@H]2O1. The molecule has 27 heavy (non-hydrogen) atoms. The van der Waals surface area contributed by atoms with Gasteiger partial charge in [0.25, 0.3) is 11.8 Å². The molecular formula is C18H14N4O5. The number of para-hydroxylation sites is 1. The van der Waals surface area contributed by atoms with E-state index in [1.165, 1.54) is 4.80 Å². The van der Waals surface area contributed by atoms with Crippen LogP contribution < -0.4 is 0 Å². The minimum absolute atomic E-state index is 0.0612. The molecule has 0 saturated carbocycles. The van der Waals surface area contributed by atoms with Crippen LogP contribution in [0.2, 0.25) is 0 Å². The summed E-state index contributed by atoms with van der Waals surface area (Å²) in [5.74, 6) is -3.31. The molecule has 2 aromatic rings. The molecule has 2 fully saturated rings. The summed E-state index contributed by atoms with van der Waals surface area (Å²) in [5.41, 5.74) is 0.935. The first kappa shape index (κ1) is 15.9. The highest BCUT2D eigenvalue weighted by Crippen LogP contribution is 2.45. The van der Waals surface area contributed by atoms with E-state index in [1.807, 2.05) is 18.2 Å². The summed E-state index contributed by atoms with van der Waals surface area (Å²) in [6.45, 7) is 1.60. The van der Waals surface area contributed by atoms with Crippen LogP contribution in [0.25, 0.3) is 5.69 Å². The number of nitrogens with zero attached hydrogens (tertiary/aromatic N) is 4. The van der Waals surface area contributed by atoms with Gasteiger partial charge >= 0.3 is 5.97 Å². The number of aromatic nitrogens is 3. The van der Waals surface area contributed by atoms with Gasteiger partial charge in [-0.15, -0.1) is 10.2 Å². The highest BCUT2D eigenvalue weighted by Gasteiger charge is 2.62. The molecule has 2 bridgehead atoms. The molecule has 4 atom stereocenters. The Morgan fingerprint density at radius 3 is 2.30 bits per heavy atom. The average molecular weight is 366 g/mol. The lowest BCUT2D eigenvalue weighted by molar-refractivity contribution is -0.177. The van der Waals surface area contributed by atoms with Crippen molar-refractivity contribution in [2.75, 3.05) is 0 Å². The molecule has 1 aromatic heterocycles. The van der Waals surface area contributed by atoms with Crippen LogP contribution >= 0.6 is 0 Å². The van der Waals surface area contributed by atoms with Crippen molar-refractivity contribution in [3.63, 3.8) is 0 Å². The van der Waals surface area contributed by atoms with E-state index >= 15 is 0 Å². The van der Waals surface area contributed by atoms with Crippen molar-refractivity contribution in [1.29, 1.82) is 0 Å². The van der Waals surface area contributed by atoms with E-state index in [1.54, 1.807) is 31.2 Å². The molecular weight excluding hydrogens is 352 g/mol. The lowest BCUT2D eigenvalue weighted by Gasteiger charge is -2.15. The molecule has 9 nitrogen and oxygen atoms in total. The zero-order valence-electron chi connectivity index (χ0n) is 14.2. The van der Waals surface area contributed by atoms with Crippen LogP contribution in [0.15, 0.2) is 42.5 Å². The van der Waals surface area contributed by atoms with E-state index in [9.17, 15) is 14.4 Å². The predicted molar refractivity (Wildman–Crippen MR) is 88.1 cm³/mol. The molecule has 5 rings (SSSR count). The molecule has 3 aliphatic heterocycles.